The van der Waals surface area contributed by atoms with E-state index in [1.165, 1.54) is 45.8 Å². The molecule has 2 bridgehead atoms. The SMILES string of the molecule is CC(C)=CC1=C(Sc2ccc(CC(=O)O)cc2)/C(=C/C(C)C)C2CCC1C2. The van der Waals surface area contributed by atoms with E-state index in [4.69, 9.17) is 5.11 Å². The molecule has 1 aromatic rings. The summed E-state index contributed by atoms with van der Waals surface area (Å²) in [5.41, 5.74) is 5.25. The molecule has 0 spiro atoms. The van der Waals surface area contributed by atoms with Gasteiger partial charge in [0.05, 0.1) is 6.42 Å². The standard InChI is InChI=1S/C24H30O2S/c1-15(2)11-21-18-7-8-19(14-18)22(12-16(3)4)24(21)27-20-9-5-17(6-10-20)13-23(25)26/h5-6,9-12,15,18-19H,7-8,13-14H2,1-4H3,(H,25,26)/b21-11+. The summed E-state index contributed by atoms with van der Waals surface area (Å²) in [7, 11) is 0. The third kappa shape index (κ3) is 4.95. The monoisotopic (exact) mass is 382 g/mol. The van der Waals surface area contributed by atoms with Crippen LogP contribution in [0.25, 0.3) is 0 Å². The number of rotatable bonds is 6. The van der Waals surface area contributed by atoms with Gasteiger partial charge in [-0.05, 0) is 79.7 Å². The summed E-state index contributed by atoms with van der Waals surface area (Å²) < 4.78 is 0. The van der Waals surface area contributed by atoms with Crippen LogP contribution >= 0.6 is 11.8 Å². The maximum absolute atomic E-state index is 10.9. The summed E-state index contributed by atoms with van der Waals surface area (Å²) >= 11 is 1.86. The first kappa shape index (κ1) is 20.0. The van der Waals surface area contributed by atoms with Gasteiger partial charge < -0.3 is 5.11 Å². The molecule has 0 radical (unpaired) electrons. The van der Waals surface area contributed by atoms with Gasteiger partial charge in [0.2, 0.25) is 0 Å². The van der Waals surface area contributed by atoms with Gasteiger partial charge in [0.1, 0.15) is 0 Å². The van der Waals surface area contributed by atoms with E-state index in [0.717, 1.165) is 5.56 Å². The summed E-state index contributed by atoms with van der Waals surface area (Å²) in [6.07, 6.45) is 8.82. The van der Waals surface area contributed by atoms with E-state index in [0.29, 0.717) is 17.8 Å². The number of aliphatic carboxylic acids is 1. The van der Waals surface area contributed by atoms with Crippen LogP contribution in [0.4, 0.5) is 0 Å². The number of carboxylic acids is 1. The van der Waals surface area contributed by atoms with E-state index in [2.05, 4.69) is 52.0 Å². The Morgan fingerprint density at radius 2 is 1.85 bits per heavy atom. The van der Waals surface area contributed by atoms with E-state index in [-0.39, 0.29) is 6.42 Å². The average Bonchev–Trinajstić information content (AvgIpc) is 3.01. The fourth-order valence-corrected chi connectivity index (χ4v) is 5.44. The Balaban J connectivity index is 1.98. The molecule has 2 aliphatic rings. The van der Waals surface area contributed by atoms with Crippen LogP contribution in [0.2, 0.25) is 0 Å². The van der Waals surface area contributed by atoms with Gasteiger partial charge in [-0.2, -0.15) is 0 Å². The summed E-state index contributed by atoms with van der Waals surface area (Å²) in [6.45, 7) is 8.89. The predicted molar refractivity (Wildman–Crippen MR) is 114 cm³/mol. The number of thioether (sulfide) groups is 1. The van der Waals surface area contributed by atoms with Gasteiger partial charge >= 0.3 is 5.97 Å². The Morgan fingerprint density at radius 3 is 2.44 bits per heavy atom. The average molecular weight is 383 g/mol. The number of hydrogen-bond acceptors (Lipinski definition) is 2. The van der Waals surface area contributed by atoms with Crippen LogP contribution in [-0.4, -0.2) is 11.1 Å². The van der Waals surface area contributed by atoms with Crippen molar-refractivity contribution in [1.82, 2.24) is 0 Å². The minimum absolute atomic E-state index is 0.0826. The van der Waals surface area contributed by atoms with Crippen molar-refractivity contribution in [2.24, 2.45) is 17.8 Å². The molecule has 0 saturated heterocycles. The molecule has 144 valence electrons. The Hall–Kier alpha value is -1.74. The Morgan fingerprint density at radius 1 is 1.19 bits per heavy atom. The number of carboxylic acid groups (broad SMARTS) is 1. The Kier molecular flexibility index (Phi) is 6.31. The Labute approximate surface area is 167 Å². The fourth-order valence-electron chi connectivity index (χ4n) is 4.23. The highest BCUT2D eigenvalue weighted by Crippen LogP contribution is 2.53. The highest BCUT2D eigenvalue weighted by Gasteiger charge is 2.37. The second-order valence-electron chi connectivity index (χ2n) is 8.40. The number of carbonyl (C=O) groups is 1. The molecule has 3 rings (SSSR count). The number of benzene rings is 1. The first-order chi connectivity index (χ1) is 12.8. The maximum atomic E-state index is 10.9. The zero-order chi connectivity index (χ0) is 19.6. The lowest BCUT2D eigenvalue weighted by Gasteiger charge is -2.28. The number of allylic oxidation sites excluding steroid dienone is 5. The lowest BCUT2D eigenvalue weighted by Crippen LogP contribution is -2.13. The molecule has 0 aromatic heterocycles. The quantitative estimate of drug-likeness (QED) is 0.599. The second-order valence-corrected chi connectivity index (χ2v) is 9.48. The third-order valence-corrected chi connectivity index (χ3v) is 6.48. The van der Waals surface area contributed by atoms with Crippen molar-refractivity contribution >= 4 is 17.7 Å². The maximum Gasteiger partial charge on any atom is 0.307 e. The highest BCUT2D eigenvalue weighted by atomic mass is 32.2. The van der Waals surface area contributed by atoms with E-state index >= 15 is 0 Å². The van der Waals surface area contributed by atoms with Gasteiger partial charge in [0.25, 0.3) is 0 Å². The summed E-state index contributed by atoms with van der Waals surface area (Å²) in [5, 5.41) is 8.97. The topological polar surface area (TPSA) is 37.3 Å². The molecule has 2 unspecified atom stereocenters. The lowest BCUT2D eigenvalue weighted by molar-refractivity contribution is -0.136. The summed E-state index contributed by atoms with van der Waals surface area (Å²) in [5.74, 6) is 1.14. The molecule has 2 nitrogen and oxygen atoms in total. The number of fused-ring (bicyclic) bond motifs is 2. The van der Waals surface area contributed by atoms with E-state index in [1.54, 1.807) is 0 Å². The van der Waals surface area contributed by atoms with Crippen LogP contribution in [0.15, 0.2) is 62.9 Å². The largest absolute Gasteiger partial charge is 0.481 e. The van der Waals surface area contributed by atoms with Crippen molar-refractivity contribution in [2.45, 2.75) is 58.3 Å². The molecule has 0 amide bonds. The van der Waals surface area contributed by atoms with Gasteiger partial charge in [0.15, 0.2) is 0 Å². The second kappa shape index (κ2) is 8.52. The fraction of sp³-hybridized carbons (Fsp3) is 0.458. The van der Waals surface area contributed by atoms with Gasteiger partial charge in [-0.1, -0.05) is 55.5 Å². The van der Waals surface area contributed by atoms with Crippen molar-refractivity contribution in [3.8, 4) is 0 Å². The summed E-state index contributed by atoms with van der Waals surface area (Å²) in [4.78, 5) is 13.5. The van der Waals surface area contributed by atoms with Crippen LogP contribution in [0, 0.1) is 17.8 Å². The van der Waals surface area contributed by atoms with Crippen molar-refractivity contribution < 1.29 is 9.90 Å². The molecule has 2 atom stereocenters. The molecule has 2 aliphatic carbocycles. The minimum atomic E-state index is -0.782. The molecule has 1 saturated carbocycles. The zero-order valence-electron chi connectivity index (χ0n) is 16.8. The van der Waals surface area contributed by atoms with Crippen LogP contribution < -0.4 is 0 Å². The molecular weight excluding hydrogens is 352 g/mol. The molecular formula is C24H30O2S. The molecule has 3 heteroatoms. The van der Waals surface area contributed by atoms with Crippen molar-refractivity contribution in [1.29, 1.82) is 0 Å². The molecule has 1 fully saturated rings. The molecule has 27 heavy (non-hydrogen) atoms. The Bertz CT molecular complexity index is 792. The normalized spacial score (nSPS) is 23.2. The smallest absolute Gasteiger partial charge is 0.307 e. The van der Waals surface area contributed by atoms with Gasteiger partial charge in [-0.15, -0.1) is 0 Å². The van der Waals surface area contributed by atoms with E-state index < -0.39 is 5.97 Å². The van der Waals surface area contributed by atoms with Gasteiger partial charge in [-0.3, -0.25) is 4.79 Å². The van der Waals surface area contributed by atoms with Crippen molar-refractivity contribution in [2.75, 3.05) is 0 Å². The molecule has 0 aliphatic heterocycles. The highest BCUT2D eigenvalue weighted by molar-refractivity contribution is 8.03. The summed E-state index contributed by atoms with van der Waals surface area (Å²) in [6, 6.07) is 8.03. The third-order valence-electron chi connectivity index (χ3n) is 5.29. The minimum Gasteiger partial charge on any atom is -0.481 e. The zero-order valence-corrected chi connectivity index (χ0v) is 17.6. The van der Waals surface area contributed by atoms with Crippen LogP contribution in [-0.2, 0) is 11.2 Å². The van der Waals surface area contributed by atoms with Crippen LogP contribution in [0.1, 0.15) is 52.5 Å². The first-order valence-electron chi connectivity index (χ1n) is 9.93. The lowest BCUT2D eigenvalue weighted by atomic mass is 9.83. The molecule has 1 N–H and O–H groups in total. The van der Waals surface area contributed by atoms with E-state index in [1.807, 2.05) is 23.9 Å². The first-order valence-corrected chi connectivity index (χ1v) is 10.7. The van der Waals surface area contributed by atoms with Crippen molar-refractivity contribution in [3.05, 3.63) is 63.6 Å². The predicted octanol–water partition coefficient (Wildman–Crippen LogP) is 6.64. The van der Waals surface area contributed by atoms with Crippen LogP contribution in [0.5, 0.6) is 0 Å². The molecule has 0 heterocycles. The van der Waals surface area contributed by atoms with Crippen molar-refractivity contribution in [3.63, 3.8) is 0 Å². The molecule has 1 aromatic carbocycles. The van der Waals surface area contributed by atoms with E-state index in [9.17, 15) is 4.79 Å². The van der Waals surface area contributed by atoms with Gasteiger partial charge in [-0.25, -0.2) is 0 Å². The van der Waals surface area contributed by atoms with Crippen LogP contribution in [0.3, 0.4) is 0 Å². The number of hydrogen-bond donors (Lipinski definition) is 1. The van der Waals surface area contributed by atoms with Gasteiger partial charge in [0, 0.05) is 9.80 Å².